The Hall–Kier alpha value is -5.34. The van der Waals surface area contributed by atoms with Crippen LogP contribution in [0.25, 0.3) is 0 Å². The number of benzene rings is 2. The maximum absolute atomic E-state index is 13.6. The lowest BCUT2D eigenvalue weighted by Gasteiger charge is -2.25. The Kier molecular flexibility index (Phi) is 16.2. The molecule has 0 aliphatic rings. The van der Waals surface area contributed by atoms with Gasteiger partial charge in [-0.3, -0.25) is 14.6 Å². The first-order chi connectivity index (χ1) is 22.7. The van der Waals surface area contributed by atoms with Crippen LogP contribution in [0.4, 0.5) is 9.59 Å². The van der Waals surface area contributed by atoms with Crippen molar-refractivity contribution >= 4 is 35.9 Å². The van der Waals surface area contributed by atoms with Gasteiger partial charge in [0.25, 0.3) is 0 Å². The van der Waals surface area contributed by atoms with Crippen molar-refractivity contribution in [2.24, 2.45) is 16.5 Å². The van der Waals surface area contributed by atoms with Gasteiger partial charge in [0.2, 0.25) is 11.8 Å². The van der Waals surface area contributed by atoms with E-state index in [1.807, 2.05) is 6.07 Å². The first-order valence-corrected chi connectivity index (χ1v) is 15.6. The lowest BCUT2D eigenvalue weighted by Crippen LogP contribution is -2.56. The Morgan fingerprint density at radius 2 is 1.33 bits per heavy atom. The van der Waals surface area contributed by atoms with Gasteiger partial charge in [-0.1, -0.05) is 60.7 Å². The van der Waals surface area contributed by atoms with Crippen LogP contribution in [-0.4, -0.2) is 77.9 Å². The SMILES string of the molecule is CC(C)(C)OC(=O)NCCC[C@@H](NC(=O)OCc1ccccc1)C(=O)N[C@@H](Cc1ccccc1)C(=O)N[C@@H](CCCN=C(N)N)C(=O)O. The van der Waals surface area contributed by atoms with Crippen LogP contribution in [-0.2, 0) is 36.9 Å². The van der Waals surface area contributed by atoms with Crippen LogP contribution in [0.2, 0.25) is 0 Å². The van der Waals surface area contributed by atoms with Crippen LogP contribution >= 0.6 is 0 Å². The van der Waals surface area contributed by atoms with Crippen LogP contribution in [0.3, 0.4) is 0 Å². The highest BCUT2D eigenvalue weighted by Crippen LogP contribution is 2.09. The summed E-state index contributed by atoms with van der Waals surface area (Å²) in [6.45, 7) is 5.44. The molecule has 0 heterocycles. The number of nitrogens with zero attached hydrogens (tertiary/aromatic N) is 1. The van der Waals surface area contributed by atoms with Gasteiger partial charge in [-0.05, 0) is 57.6 Å². The first-order valence-electron chi connectivity index (χ1n) is 15.6. The summed E-state index contributed by atoms with van der Waals surface area (Å²) in [5.74, 6) is -2.85. The van der Waals surface area contributed by atoms with E-state index in [0.29, 0.717) is 5.56 Å². The molecule has 0 saturated carbocycles. The third-order valence-electron chi connectivity index (χ3n) is 6.63. The highest BCUT2D eigenvalue weighted by atomic mass is 16.6. The standard InChI is InChI=1S/C33H47N7O8/c1-33(2,3)48-31(45)37-19-10-16-24(40-32(46)47-21-23-14-8-5-9-15-23)27(41)39-26(20-22-12-6-4-7-13-22)28(42)38-25(29(43)44)17-11-18-36-30(34)35/h4-9,12-15,24-26H,10-11,16-21H2,1-3H3,(H,37,45)(H,38,42)(H,39,41)(H,40,46)(H,43,44)(H4,34,35,36)/t24-,25+,26+/m1/s1. The van der Waals surface area contributed by atoms with Gasteiger partial charge in [0.05, 0.1) is 0 Å². The number of carbonyl (C=O) groups excluding carboxylic acids is 4. The van der Waals surface area contributed by atoms with Crippen LogP contribution in [0, 0.1) is 0 Å². The summed E-state index contributed by atoms with van der Waals surface area (Å²) in [7, 11) is 0. The number of ether oxygens (including phenoxy) is 2. The zero-order valence-electron chi connectivity index (χ0n) is 27.6. The van der Waals surface area contributed by atoms with Gasteiger partial charge in [-0.2, -0.15) is 0 Å². The largest absolute Gasteiger partial charge is 0.480 e. The molecule has 15 nitrogen and oxygen atoms in total. The number of nitrogens with one attached hydrogen (secondary N) is 4. The number of aliphatic carboxylic acids is 1. The molecular weight excluding hydrogens is 622 g/mol. The van der Waals surface area contributed by atoms with E-state index < -0.39 is 53.7 Å². The lowest BCUT2D eigenvalue weighted by atomic mass is 10.0. The lowest BCUT2D eigenvalue weighted by molar-refractivity contribution is -0.142. The molecule has 9 N–H and O–H groups in total. The molecule has 0 unspecified atom stereocenters. The van der Waals surface area contributed by atoms with Gasteiger partial charge in [0.1, 0.15) is 30.3 Å². The van der Waals surface area contributed by atoms with E-state index >= 15 is 0 Å². The summed E-state index contributed by atoms with van der Waals surface area (Å²) < 4.78 is 10.5. The summed E-state index contributed by atoms with van der Waals surface area (Å²) in [6, 6.07) is 14.1. The van der Waals surface area contributed by atoms with Crippen molar-refractivity contribution in [2.75, 3.05) is 13.1 Å². The number of aliphatic imine (C=N–C) groups is 1. The monoisotopic (exact) mass is 669 g/mol. The van der Waals surface area contributed by atoms with E-state index in [-0.39, 0.29) is 57.8 Å². The van der Waals surface area contributed by atoms with Crippen LogP contribution in [0.15, 0.2) is 65.7 Å². The molecule has 0 aromatic heterocycles. The molecule has 3 atom stereocenters. The van der Waals surface area contributed by atoms with Gasteiger partial charge < -0.3 is 47.3 Å². The Bertz CT molecular complexity index is 1360. The molecular formula is C33H47N7O8. The topological polar surface area (TPSA) is 237 Å². The number of amides is 4. The number of rotatable bonds is 18. The second-order valence-electron chi connectivity index (χ2n) is 11.9. The molecule has 4 amide bonds. The zero-order valence-corrected chi connectivity index (χ0v) is 27.6. The Labute approximate surface area is 280 Å². The minimum absolute atomic E-state index is 0.0319. The summed E-state index contributed by atoms with van der Waals surface area (Å²) in [5, 5.41) is 20.1. The summed E-state index contributed by atoms with van der Waals surface area (Å²) >= 11 is 0. The average Bonchev–Trinajstić information content (AvgIpc) is 3.02. The third-order valence-corrected chi connectivity index (χ3v) is 6.63. The van der Waals surface area contributed by atoms with Crippen LogP contribution in [0.5, 0.6) is 0 Å². The molecule has 2 rings (SSSR count). The molecule has 0 fully saturated rings. The normalized spacial score (nSPS) is 12.7. The van der Waals surface area contributed by atoms with Crippen LogP contribution < -0.4 is 32.7 Å². The van der Waals surface area contributed by atoms with Crippen molar-refractivity contribution in [3.63, 3.8) is 0 Å². The van der Waals surface area contributed by atoms with Crippen molar-refractivity contribution in [3.8, 4) is 0 Å². The summed E-state index contributed by atoms with van der Waals surface area (Å²) in [5.41, 5.74) is 11.4. The number of hydrogen-bond donors (Lipinski definition) is 7. The number of carboxylic acids is 1. The summed E-state index contributed by atoms with van der Waals surface area (Å²) in [4.78, 5) is 67.7. The molecule has 2 aromatic carbocycles. The minimum Gasteiger partial charge on any atom is -0.480 e. The van der Waals surface area contributed by atoms with Crippen LogP contribution in [0.1, 0.15) is 57.6 Å². The van der Waals surface area contributed by atoms with Gasteiger partial charge in [-0.15, -0.1) is 0 Å². The number of hydrogen-bond acceptors (Lipinski definition) is 8. The minimum atomic E-state index is -1.28. The van der Waals surface area contributed by atoms with E-state index in [9.17, 15) is 29.1 Å². The molecule has 2 aromatic rings. The molecule has 0 radical (unpaired) electrons. The molecule has 0 bridgehead atoms. The van der Waals surface area contributed by atoms with Crippen molar-refractivity contribution in [1.29, 1.82) is 0 Å². The number of carboxylic acid groups (broad SMARTS) is 1. The Morgan fingerprint density at radius 3 is 1.92 bits per heavy atom. The van der Waals surface area contributed by atoms with Crippen molar-refractivity contribution < 1.29 is 38.6 Å². The van der Waals surface area contributed by atoms with Gasteiger partial charge in [0.15, 0.2) is 5.96 Å². The number of alkyl carbamates (subject to hydrolysis) is 2. The van der Waals surface area contributed by atoms with Gasteiger partial charge >= 0.3 is 18.2 Å². The first kappa shape index (κ1) is 38.8. The van der Waals surface area contributed by atoms with Crippen molar-refractivity contribution in [1.82, 2.24) is 21.3 Å². The smallest absolute Gasteiger partial charge is 0.408 e. The van der Waals surface area contributed by atoms with E-state index in [2.05, 4.69) is 26.3 Å². The van der Waals surface area contributed by atoms with E-state index in [1.54, 1.807) is 75.4 Å². The van der Waals surface area contributed by atoms with E-state index in [4.69, 9.17) is 20.9 Å². The zero-order chi connectivity index (χ0) is 35.5. The van der Waals surface area contributed by atoms with Gasteiger partial charge in [0, 0.05) is 19.5 Å². The fourth-order valence-electron chi connectivity index (χ4n) is 4.35. The maximum Gasteiger partial charge on any atom is 0.408 e. The highest BCUT2D eigenvalue weighted by molar-refractivity contribution is 5.93. The second kappa shape index (κ2) is 20.0. The average molecular weight is 670 g/mol. The number of carbonyl (C=O) groups is 5. The third kappa shape index (κ3) is 16.3. The van der Waals surface area contributed by atoms with Crippen molar-refractivity contribution in [2.45, 2.75) is 83.2 Å². The second-order valence-corrected chi connectivity index (χ2v) is 11.9. The van der Waals surface area contributed by atoms with Crippen molar-refractivity contribution in [3.05, 3.63) is 71.8 Å². The Morgan fingerprint density at radius 1 is 0.771 bits per heavy atom. The molecule has 0 aliphatic carbocycles. The van der Waals surface area contributed by atoms with E-state index in [0.717, 1.165) is 5.56 Å². The van der Waals surface area contributed by atoms with E-state index in [1.165, 1.54) is 0 Å². The number of guanidine groups is 1. The molecule has 48 heavy (non-hydrogen) atoms. The fourth-order valence-corrected chi connectivity index (χ4v) is 4.35. The predicted octanol–water partition coefficient (Wildman–Crippen LogP) is 1.94. The molecule has 0 aliphatic heterocycles. The molecule has 0 saturated heterocycles. The fraction of sp³-hybridized carbons (Fsp3) is 0.455. The highest BCUT2D eigenvalue weighted by Gasteiger charge is 2.30. The molecule has 15 heteroatoms. The molecule has 0 spiro atoms. The predicted molar refractivity (Wildman–Crippen MR) is 179 cm³/mol. The Balaban J connectivity index is 2.18. The maximum atomic E-state index is 13.6. The molecule has 262 valence electrons. The number of nitrogens with two attached hydrogens (primary N) is 2. The quantitative estimate of drug-likeness (QED) is 0.0692. The summed E-state index contributed by atoms with van der Waals surface area (Å²) in [6.07, 6.45) is -0.845. The van der Waals surface area contributed by atoms with Gasteiger partial charge in [-0.25, -0.2) is 14.4 Å².